The third kappa shape index (κ3) is 2.57. The van der Waals surface area contributed by atoms with E-state index in [1.165, 1.54) is 0 Å². The minimum Gasteiger partial charge on any atom is -0.345 e. The maximum Gasteiger partial charge on any atom is 0.214 e. The van der Waals surface area contributed by atoms with E-state index in [1.807, 2.05) is 13.0 Å². The van der Waals surface area contributed by atoms with Gasteiger partial charge in [-0.2, -0.15) is 0 Å². The lowest BCUT2D eigenvalue weighted by Crippen LogP contribution is -2.36. The monoisotopic (exact) mass is 392 g/mol. The van der Waals surface area contributed by atoms with Gasteiger partial charge in [0.15, 0.2) is 22.8 Å². The van der Waals surface area contributed by atoms with Crippen molar-refractivity contribution in [2.24, 2.45) is 5.92 Å². The average Bonchev–Trinajstić information content (AvgIpc) is 3.11. The second-order valence-corrected chi connectivity index (χ2v) is 9.65. The molecule has 27 heavy (non-hydrogen) atoms. The van der Waals surface area contributed by atoms with Crippen LogP contribution in [0.2, 0.25) is 0 Å². The number of sulfonamides is 1. The number of nitrogens with one attached hydrogen (secondary N) is 2. The number of fused-ring (bicyclic) bond motifs is 3. The van der Waals surface area contributed by atoms with Gasteiger partial charge in [0.25, 0.3) is 0 Å². The molecule has 3 atom stereocenters. The Balaban J connectivity index is 1.56. The van der Waals surface area contributed by atoms with Gasteiger partial charge in [0.1, 0.15) is 0 Å². The molecule has 0 amide bonds. The molecule has 0 saturated heterocycles. The van der Waals surface area contributed by atoms with Crippen molar-refractivity contribution >= 4 is 26.8 Å². The van der Waals surface area contributed by atoms with Crippen LogP contribution in [-0.2, 0) is 15.7 Å². The van der Waals surface area contributed by atoms with Crippen molar-refractivity contribution in [1.29, 1.82) is 0 Å². The molecular formula is C17H21FN6O2S. The van der Waals surface area contributed by atoms with Gasteiger partial charge >= 0.3 is 0 Å². The quantitative estimate of drug-likeness (QED) is 0.691. The van der Waals surface area contributed by atoms with E-state index in [1.54, 1.807) is 16.8 Å². The number of H-pyrrole nitrogens is 1. The second-order valence-electron chi connectivity index (χ2n) is 7.65. The third-order valence-electron chi connectivity index (χ3n) is 5.86. The molecule has 2 fully saturated rings. The first-order chi connectivity index (χ1) is 12.9. The van der Waals surface area contributed by atoms with E-state index in [2.05, 4.69) is 24.9 Å². The molecular weight excluding hydrogens is 371 g/mol. The molecule has 3 aromatic heterocycles. The lowest BCUT2D eigenvalue weighted by atomic mass is 9.89. The highest BCUT2D eigenvalue weighted by molar-refractivity contribution is 7.90. The highest BCUT2D eigenvalue weighted by atomic mass is 32.2. The fraction of sp³-hybridized carbons (Fsp3) is 0.588. The summed E-state index contributed by atoms with van der Waals surface area (Å²) in [5.74, 6) is -0.108. The van der Waals surface area contributed by atoms with Crippen molar-refractivity contribution in [3.05, 3.63) is 24.3 Å². The fourth-order valence-electron chi connectivity index (χ4n) is 4.34. The van der Waals surface area contributed by atoms with Crippen molar-refractivity contribution in [3.8, 4) is 0 Å². The molecule has 144 valence electrons. The van der Waals surface area contributed by atoms with Crippen molar-refractivity contribution < 1.29 is 12.8 Å². The van der Waals surface area contributed by atoms with Gasteiger partial charge in [-0.25, -0.2) is 22.5 Å². The number of hydrogen-bond donors (Lipinski definition) is 2. The van der Waals surface area contributed by atoms with Crippen LogP contribution in [0.1, 0.15) is 44.9 Å². The summed E-state index contributed by atoms with van der Waals surface area (Å²) >= 11 is 0. The number of halogens is 1. The van der Waals surface area contributed by atoms with Crippen LogP contribution in [-0.4, -0.2) is 44.3 Å². The highest BCUT2D eigenvalue weighted by Gasteiger charge is 2.53. The Bertz CT molecular complexity index is 1120. The van der Waals surface area contributed by atoms with Crippen molar-refractivity contribution in [3.63, 3.8) is 0 Å². The molecule has 2 aliphatic rings. The Morgan fingerprint density at radius 3 is 2.96 bits per heavy atom. The van der Waals surface area contributed by atoms with E-state index in [0.29, 0.717) is 42.5 Å². The Hall–Kier alpha value is -2.07. The molecule has 3 heterocycles. The average molecular weight is 392 g/mol. The molecule has 0 spiro atoms. The van der Waals surface area contributed by atoms with Crippen molar-refractivity contribution in [2.45, 2.75) is 56.0 Å². The molecule has 3 aromatic rings. The van der Waals surface area contributed by atoms with Gasteiger partial charge in [0, 0.05) is 24.6 Å². The van der Waals surface area contributed by atoms with Crippen LogP contribution in [0.15, 0.2) is 18.5 Å². The van der Waals surface area contributed by atoms with E-state index in [-0.39, 0.29) is 23.4 Å². The molecule has 8 nitrogen and oxygen atoms in total. The van der Waals surface area contributed by atoms with E-state index in [9.17, 15) is 8.42 Å². The molecule has 2 saturated carbocycles. The van der Waals surface area contributed by atoms with Crippen LogP contribution in [0.5, 0.6) is 0 Å². The fourth-order valence-corrected chi connectivity index (χ4v) is 5.94. The SMILES string of the molecule is CC[C@@H]1C[C@H](NS(=O)(=O)C2CC2)CC1(F)c1nnc2cnc3[nH]ccc3n12. The summed E-state index contributed by atoms with van der Waals surface area (Å²) in [6.45, 7) is 1.92. The van der Waals surface area contributed by atoms with Crippen LogP contribution >= 0.6 is 0 Å². The molecule has 0 bridgehead atoms. The minimum absolute atomic E-state index is 0.0620. The van der Waals surface area contributed by atoms with Crippen molar-refractivity contribution in [2.75, 3.05) is 0 Å². The Labute approximate surface area is 155 Å². The Kier molecular flexibility index (Phi) is 3.61. The first-order valence-corrected chi connectivity index (χ1v) is 10.8. The number of aromatic nitrogens is 5. The third-order valence-corrected chi connectivity index (χ3v) is 7.87. The van der Waals surface area contributed by atoms with Crippen LogP contribution in [0.25, 0.3) is 16.8 Å². The van der Waals surface area contributed by atoms with Gasteiger partial charge < -0.3 is 4.98 Å². The second kappa shape index (κ2) is 5.71. The largest absolute Gasteiger partial charge is 0.345 e. The topological polar surface area (TPSA) is 105 Å². The summed E-state index contributed by atoms with van der Waals surface area (Å²) in [6.07, 6.45) is 5.78. The lowest BCUT2D eigenvalue weighted by molar-refractivity contribution is 0.0927. The number of rotatable bonds is 5. The molecule has 2 aliphatic carbocycles. The number of aromatic amines is 1. The standard InChI is InChI=1S/C17H21FN6O2S/c1-2-10-7-11(23-27(25,26)12-3-4-12)8-17(10,18)16-22-21-14-9-20-15-13(24(14)16)5-6-19-15/h5-6,9-12,19,23H,2-4,7-8H2,1H3/t10-,11+,17?/m1/s1. The predicted octanol–water partition coefficient (Wildman–Crippen LogP) is 2.04. The zero-order valence-corrected chi connectivity index (χ0v) is 15.7. The van der Waals surface area contributed by atoms with Gasteiger partial charge in [0.05, 0.1) is 17.0 Å². The summed E-state index contributed by atoms with van der Waals surface area (Å²) in [4.78, 5) is 7.28. The number of hydrogen-bond acceptors (Lipinski definition) is 5. The molecule has 1 unspecified atom stereocenters. The zero-order valence-electron chi connectivity index (χ0n) is 14.9. The Morgan fingerprint density at radius 2 is 2.22 bits per heavy atom. The summed E-state index contributed by atoms with van der Waals surface area (Å²) < 4.78 is 45.4. The molecule has 5 rings (SSSR count). The maximum atomic E-state index is 16.4. The van der Waals surface area contributed by atoms with Crippen LogP contribution in [0.3, 0.4) is 0 Å². The molecule has 0 aromatic carbocycles. The van der Waals surface area contributed by atoms with Gasteiger partial charge in [-0.3, -0.25) is 4.40 Å². The zero-order chi connectivity index (χ0) is 18.8. The summed E-state index contributed by atoms with van der Waals surface area (Å²) in [7, 11) is -3.36. The lowest BCUT2D eigenvalue weighted by Gasteiger charge is -2.24. The van der Waals surface area contributed by atoms with E-state index in [0.717, 1.165) is 0 Å². The van der Waals surface area contributed by atoms with Gasteiger partial charge in [-0.1, -0.05) is 6.92 Å². The Morgan fingerprint density at radius 1 is 1.41 bits per heavy atom. The van der Waals surface area contributed by atoms with E-state index in [4.69, 9.17) is 0 Å². The normalized spacial score (nSPS) is 29.1. The number of alkyl halides is 1. The summed E-state index contributed by atoms with van der Waals surface area (Å²) in [6, 6.07) is 1.39. The number of nitrogens with zero attached hydrogens (tertiary/aromatic N) is 4. The van der Waals surface area contributed by atoms with Crippen molar-refractivity contribution in [1.82, 2.24) is 29.3 Å². The van der Waals surface area contributed by atoms with E-state index < -0.39 is 21.7 Å². The summed E-state index contributed by atoms with van der Waals surface area (Å²) in [5, 5.41) is 7.95. The smallest absolute Gasteiger partial charge is 0.214 e. The first kappa shape index (κ1) is 17.1. The molecule has 0 aliphatic heterocycles. The minimum atomic E-state index is -3.36. The molecule has 10 heteroatoms. The molecule has 2 N–H and O–H groups in total. The van der Waals surface area contributed by atoms with Gasteiger partial charge in [-0.05, 0) is 31.7 Å². The molecule has 0 radical (unpaired) electrons. The summed E-state index contributed by atoms with van der Waals surface area (Å²) in [5.41, 5.74) is 0.0627. The van der Waals surface area contributed by atoms with Gasteiger partial charge in [-0.15, -0.1) is 10.2 Å². The highest BCUT2D eigenvalue weighted by Crippen LogP contribution is 2.48. The van der Waals surface area contributed by atoms with Crippen LogP contribution in [0, 0.1) is 5.92 Å². The maximum absolute atomic E-state index is 16.4. The predicted molar refractivity (Wildman–Crippen MR) is 97.3 cm³/mol. The first-order valence-electron chi connectivity index (χ1n) is 9.30. The van der Waals surface area contributed by atoms with Crippen LogP contribution < -0.4 is 4.72 Å². The van der Waals surface area contributed by atoms with E-state index >= 15 is 4.39 Å². The van der Waals surface area contributed by atoms with Gasteiger partial charge in [0.2, 0.25) is 10.0 Å². The van der Waals surface area contributed by atoms with Crippen LogP contribution in [0.4, 0.5) is 4.39 Å².